The van der Waals surface area contributed by atoms with E-state index in [0.29, 0.717) is 30.3 Å². The topological polar surface area (TPSA) is 67.9 Å². The molecule has 1 saturated heterocycles. The average Bonchev–Trinajstić information content (AvgIpc) is 3.18. The fourth-order valence-electron chi connectivity index (χ4n) is 3.10. The Morgan fingerprint density at radius 1 is 0.963 bits per heavy atom. The summed E-state index contributed by atoms with van der Waals surface area (Å²) in [5, 5.41) is 3.90. The van der Waals surface area contributed by atoms with Gasteiger partial charge in [-0.3, -0.25) is 4.98 Å². The van der Waals surface area contributed by atoms with Crippen LogP contribution in [-0.2, 0) is 0 Å². The molecule has 10 heteroatoms. The van der Waals surface area contributed by atoms with Crippen LogP contribution in [0.15, 0.2) is 28.9 Å². The van der Waals surface area contributed by atoms with Gasteiger partial charge in [-0.1, -0.05) is 11.2 Å². The monoisotopic (exact) mass is 379 g/mol. The lowest BCUT2D eigenvalue weighted by Gasteiger charge is -2.32. The van der Waals surface area contributed by atoms with E-state index in [-0.39, 0.29) is 19.0 Å². The molecule has 4 rings (SSSR count). The predicted molar refractivity (Wildman–Crippen MR) is 85.8 cm³/mol. The van der Waals surface area contributed by atoms with Gasteiger partial charge in [0.25, 0.3) is 11.9 Å². The van der Waals surface area contributed by atoms with Gasteiger partial charge in [0.15, 0.2) is 0 Å². The van der Waals surface area contributed by atoms with Crippen molar-refractivity contribution < 1.29 is 22.1 Å². The molecule has 27 heavy (non-hydrogen) atoms. The lowest BCUT2D eigenvalue weighted by atomic mass is 9.96. The first kappa shape index (κ1) is 17.4. The van der Waals surface area contributed by atoms with E-state index in [1.54, 1.807) is 24.4 Å². The van der Waals surface area contributed by atoms with Crippen LogP contribution < -0.4 is 4.90 Å². The molecule has 3 aromatic heterocycles. The van der Waals surface area contributed by atoms with Crippen molar-refractivity contribution in [1.29, 1.82) is 0 Å². The number of hydrogen-bond donors (Lipinski definition) is 0. The van der Waals surface area contributed by atoms with Crippen molar-refractivity contribution in [3.63, 3.8) is 0 Å². The first-order valence-electron chi connectivity index (χ1n) is 8.24. The van der Waals surface area contributed by atoms with Crippen LogP contribution in [0.1, 0.15) is 24.7 Å². The molecule has 0 aromatic carbocycles. The molecular formula is C17H13F4N5O. The van der Waals surface area contributed by atoms with Gasteiger partial charge < -0.3 is 9.42 Å². The van der Waals surface area contributed by atoms with Gasteiger partial charge in [0.05, 0.1) is 0 Å². The Bertz CT molecular complexity index is 931. The predicted octanol–water partition coefficient (Wildman–Crippen LogP) is 3.47. The molecule has 1 aliphatic heterocycles. The SMILES string of the molecule is Fc1nc(F)c(F)c(N2CCC(c3nc(-c4ccccn4)no3)CC2)c1F. The normalized spacial score (nSPS) is 15.3. The van der Waals surface area contributed by atoms with Gasteiger partial charge in [-0.05, 0) is 25.0 Å². The molecule has 0 spiro atoms. The summed E-state index contributed by atoms with van der Waals surface area (Å²) in [5.41, 5.74) is -0.171. The fraction of sp³-hybridized carbons (Fsp3) is 0.294. The van der Waals surface area contributed by atoms with E-state index >= 15 is 0 Å². The highest BCUT2D eigenvalue weighted by molar-refractivity contribution is 5.49. The minimum absolute atomic E-state index is 0.131. The first-order valence-corrected chi connectivity index (χ1v) is 8.24. The zero-order valence-corrected chi connectivity index (χ0v) is 13.9. The molecule has 0 amide bonds. The van der Waals surface area contributed by atoms with Crippen molar-refractivity contribution in [1.82, 2.24) is 20.1 Å². The standard InChI is InChI=1S/C17H13F4N5O/c18-11-13(12(19)15(21)23-14(11)20)26-7-4-9(5-8-26)17-24-16(25-27-17)10-3-1-2-6-22-10/h1-3,6,9H,4-5,7-8H2. The van der Waals surface area contributed by atoms with Gasteiger partial charge in [0.2, 0.25) is 23.3 Å². The Morgan fingerprint density at radius 3 is 2.30 bits per heavy atom. The highest BCUT2D eigenvalue weighted by Crippen LogP contribution is 2.33. The van der Waals surface area contributed by atoms with Gasteiger partial charge in [-0.2, -0.15) is 27.5 Å². The molecule has 0 unspecified atom stereocenters. The molecule has 3 aromatic rings. The van der Waals surface area contributed by atoms with E-state index in [1.807, 2.05) is 0 Å². The lowest BCUT2D eigenvalue weighted by molar-refractivity contribution is 0.327. The number of halogens is 4. The second kappa shape index (κ2) is 6.93. The Kier molecular flexibility index (Phi) is 4.46. The molecular weight excluding hydrogens is 366 g/mol. The highest BCUT2D eigenvalue weighted by atomic mass is 19.2. The van der Waals surface area contributed by atoms with Crippen LogP contribution in [0.2, 0.25) is 0 Å². The van der Waals surface area contributed by atoms with Crippen molar-refractivity contribution >= 4 is 5.69 Å². The van der Waals surface area contributed by atoms with Crippen molar-refractivity contribution in [3.8, 4) is 11.5 Å². The third-order valence-electron chi connectivity index (χ3n) is 4.47. The minimum atomic E-state index is -1.66. The summed E-state index contributed by atoms with van der Waals surface area (Å²) in [7, 11) is 0. The zero-order valence-electron chi connectivity index (χ0n) is 13.9. The van der Waals surface area contributed by atoms with Crippen LogP contribution in [0.25, 0.3) is 11.5 Å². The first-order chi connectivity index (χ1) is 13.0. The maximum Gasteiger partial charge on any atom is 0.253 e. The van der Waals surface area contributed by atoms with Crippen LogP contribution >= 0.6 is 0 Å². The van der Waals surface area contributed by atoms with Crippen molar-refractivity contribution in [3.05, 3.63) is 53.8 Å². The molecule has 140 valence electrons. The molecule has 0 bridgehead atoms. The summed E-state index contributed by atoms with van der Waals surface area (Å²) in [5.74, 6) is -5.71. The maximum atomic E-state index is 13.9. The van der Waals surface area contributed by atoms with Crippen LogP contribution in [0, 0.1) is 23.5 Å². The molecule has 0 atom stereocenters. The van der Waals surface area contributed by atoms with Gasteiger partial charge in [-0.15, -0.1) is 0 Å². The Labute approximate surface area is 150 Å². The fourth-order valence-corrected chi connectivity index (χ4v) is 3.10. The van der Waals surface area contributed by atoms with Crippen LogP contribution in [-0.4, -0.2) is 33.2 Å². The molecule has 0 saturated carbocycles. The number of hydrogen-bond acceptors (Lipinski definition) is 6. The van der Waals surface area contributed by atoms with E-state index in [1.165, 1.54) is 4.90 Å². The third kappa shape index (κ3) is 3.22. The van der Waals surface area contributed by atoms with Crippen LogP contribution in [0.3, 0.4) is 0 Å². The molecule has 1 fully saturated rings. The smallest absolute Gasteiger partial charge is 0.253 e. The molecule has 0 N–H and O–H groups in total. The summed E-state index contributed by atoms with van der Waals surface area (Å²) < 4.78 is 59.7. The van der Waals surface area contributed by atoms with Crippen molar-refractivity contribution in [2.75, 3.05) is 18.0 Å². The second-order valence-electron chi connectivity index (χ2n) is 6.10. The van der Waals surface area contributed by atoms with Gasteiger partial charge in [0, 0.05) is 25.2 Å². The number of nitrogens with zero attached hydrogens (tertiary/aromatic N) is 5. The molecule has 6 nitrogen and oxygen atoms in total. The Morgan fingerprint density at radius 2 is 1.67 bits per heavy atom. The zero-order chi connectivity index (χ0) is 19.0. The van der Waals surface area contributed by atoms with E-state index in [4.69, 9.17) is 4.52 Å². The number of pyridine rings is 2. The van der Waals surface area contributed by atoms with E-state index in [0.717, 1.165) is 0 Å². The summed E-state index contributed by atoms with van der Waals surface area (Å²) in [4.78, 5) is 12.3. The molecule has 1 aliphatic rings. The van der Waals surface area contributed by atoms with Crippen LogP contribution in [0.5, 0.6) is 0 Å². The molecule has 0 aliphatic carbocycles. The summed E-state index contributed by atoms with van der Waals surface area (Å²) >= 11 is 0. The number of rotatable bonds is 3. The number of piperidine rings is 1. The summed E-state index contributed by atoms with van der Waals surface area (Å²) in [6.45, 7) is 0.339. The Balaban J connectivity index is 1.50. The summed E-state index contributed by atoms with van der Waals surface area (Å²) in [6, 6.07) is 5.31. The molecule has 0 radical (unpaired) electrons. The van der Waals surface area contributed by atoms with Crippen molar-refractivity contribution in [2.24, 2.45) is 0 Å². The van der Waals surface area contributed by atoms with E-state index in [2.05, 4.69) is 20.1 Å². The largest absolute Gasteiger partial charge is 0.366 e. The van der Waals surface area contributed by atoms with Gasteiger partial charge in [0.1, 0.15) is 11.4 Å². The highest BCUT2D eigenvalue weighted by Gasteiger charge is 2.31. The van der Waals surface area contributed by atoms with E-state index in [9.17, 15) is 17.6 Å². The van der Waals surface area contributed by atoms with Crippen molar-refractivity contribution in [2.45, 2.75) is 18.8 Å². The van der Waals surface area contributed by atoms with Gasteiger partial charge in [-0.25, -0.2) is 0 Å². The van der Waals surface area contributed by atoms with E-state index < -0.39 is 29.2 Å². The van der Waals surface area contributed by atoms with Gasteiger partial charge >= 0.3 is 0 Å². The quantitative estimate of drug-likeness (QED) is 0.513. The summed E-state index contributed by atoms with van der Waals surface area (Å²) in [6.07, 6.45) is 2.46. The minimum Gasteiger partial charge on any atom is -0.366 e. The Hall–Kier alpha value is -3.04. The lowest BCUT2D eigenvalue weighted by Crippen LogP contribution is -2.35. The second-order valence-corrected chi connectivity index (χ2v) is 6.10. The number of anilines is 1. The molecule has 4 heterocycles. The number of aromatic nitrogens is 4. The van der Waals surface area contributed by atoms with Crippen LogP contribution in [0.4, 0.5) is 23.2 Å². The maximum absolute atomic E-state index is 13.9. The average molecular weight is 379 g/mol. The third-order valence-corrected chi connectivity index (χ3v) is 4.47.